The maximum atomic E-state index is 12.9. The van der Waals surface area contributed by atoms with Crippen LogP contribution in [0.3, 0.4) is 0 Å². The molecule has 194 valence electrons. The first-order chi connectivity index (χ1) is 17.1. The zero-order chi connectivity index (χ0) is 26.1. The smallest absolute Gasteiger partial charge is 0.352 e. The highest BCUT2D eigenvalue weighted by Gasteiger charge is 2.54. The topological polar surface area (TPSA) is 215 Å². The van der Waals surface area contributed by atoms with Gasteiger partial charge >= 0.3 is 5.97 Å². The van der Waals surface area contributed by atoms with Crippen molar-refractivity contribution < 1.29 is 34.5 Å². The van der Waals surface area contributed by atoms with E-state index >= 15 is 0 Å². The number of fused-ring (bicyclic) bond motifs is 1. The Hall–Kier alpha value is -2.90. The molecule has 1 fully saturated rings. The van der Waals surface area contributed by atoms with Gasteiger partial charge in [0.1, 0.15) is 29.9 Å². The summed E-state index contributed by atoms with van der Waals surface area (Å²) in [5.41, 5.74) is 8.57. The van der Waals surface area contributed by atoms with Gasteiger partial charge in [0.2, 0.25) is 0 Å². The number of β-lactam (4-membered cyclic amide) rings is 1. The monoisotopic (exact) mass is 558 g/mol. The lowest BCUT2D eigenvalue weighted by molar-refractivity contribution is -0.150. The van der Waals surface area contributed by atoms with Gasteiger partial charge in [-0.25, -0.2) is 20.2 Å². The molecule has 4 heterocycles. The van der Waals surface area contributed by atoms with Gasteiger partial charge < -0.3 is 31.2 Å². The fourth-order valence-corrected chi connectivity index (χ4v) is 6.57. The van der Waals surface area contributed by atoms with Crippen molar-refractivity contribution in [3.8, 4) is 0 Å². The molecule has 2 unspecified atom stereocenters. The van der Waals surface area contributed by atoms with Crippen LogP contribution >= 0.6 is 34.9 Å². The van der Waals surface area contributed by atoms with E-state index in [4.69, 9.17) is 10.6 Å². The number of thiazole rings is 1. The van der Waals surface area contributed by atoms with E-state index in [-0.39, 0.29) is 33.7 Å². The molecular formula is C18H22N8O7S3. The number of hydrogen-bond acceptors (Lipinski definition) is 15. The Morgan fingerprint density at radius 3 is 2.83 bits per heavy atom. The second-order valence-electron chi connectivity index (χ2n) is 7.56. The summed E-state index contributed by atoms with van der Waals surface area (Å²) in [6.45, 7) is 0. The summed E-state index contributed by atoms with van der Waals surface area (Å²) < 4.78 is 0. The lowest BCUT2D eigenvalue weighted by Crippen LogP contribution is -2.71. The van der Waals surface area contributed by atoms with Crippen LogP contribution in [0.15, 0.2) is 26.8 Å². The number of oxime groups is 1. The molecule has 1 saturated heterocycles. The summed E-state index contributed by atoms with van der Waals surface area (Å²) in [5, 5.41) is 38.4. The quantitative estimate of drug-likeness (QED) is 0.121. The molecule has 3 aliphatic rings. The molecule has 0 spiro atoms. The Kier molecular flexibility index (Phi) is 7.71. The van der Waals surface area contributed by atoms with E-state index in [1.54, 1.807) is 7.05 Å². The number of carboxylic acid groups (broad SMARTS) is 1. The van der Waals surface area contributed by atoms with Crippen LogP contribution in [0.2, 0.25) is 0 Å². The second-order valence-corrected chi connectivity index (χ2v) is 10.5. The van der Waals surface area contributed by atoms with Gasteiger partial charge in [-0.3, -0.25) is 19.5 Å². The number of carbonyl (C=O) groups is 3. The molecule has 15 nitrogen and oxygen atoms in total. The highest BCUT2D eigenvalue weighted by molar-refractivity contribution is 8.14. The number of carbonyl (C=O) groups excluding carboxylic acids is 2. The number of nitrogens with zero attached hydrogens (tertiary/aromatic N) is 5. The number of aliphatic imine (C=N–C) groups is 1. The van der Waals surface area contributed by atoms with Crippen LogP contribution < -0.4 is 16.5 Å². The number of carboxylic acids is 1. The number of rotatable bonds is 7. The molecule has 1 aromatic heterocycles. The van der Waals surface area contributed by atoms with E-state index in [1.165, 1.54) is 29.3 Å². The second kappa shape index (κ2) is 10.6. The summed E-state index contributed by atoms with van der Waals surface area (Å²) in [4.78, 5) is 51.7. The minimum Gasteiger partial charge on any atom is -0.477 e. The first kappa shape index (κ1) is 26.2. The standard InChI is InChI=1S/C18H22N8O7S3/c1-25-18(22-12(28)13(29)23-25)36-4-6-3-34-15-9(14(30)26(15)10(6)16(31)32)21-11(27)8(24-33-2)7-5-35-17(19)20-7/h5,9,12-13,15,23,28-29H,3-4H2,1-2H3,(H2,19,20)(H,21,27)(H,31,32)/b24-8+/t9-,12?,13?,15-/m1/s1. The maximum absolute atomic E-state index is 12.9. The number of amidine groups is 1. The molecule has 4 atom stereocenters. The summed E-state index contributed by atoms with van der Waals surface area (Å²) in [5.74, 6) is -2.11. The van der Waals surface area contributed by atoms with Gasteiger partial charge in [0.15, 0.2) is 28.5 Å². The first-order valence-electron chi connectivity index (χ1n) is 10.2. The Balaban J connectivity index is 1.48. The van der Waals surface area contributed by atoms with Gasteiger partial charge in [0.05, 0.1) is 0 Å². The van der Waals surface area contributed by atoms with Crippen LogP contribution in [0.25, 0.3) is 0 Å². The SMILES string of the molecule is CO/N=C(/C(=O)N[C@@H]1C(=O)N2C(C(=O)O)=C(CSC3=NC(O)C(O)NN3C)CS[C@H]12)c1csc(N)n1. The van der Waals surface area contributed by atoms with Crippen LogP contribution in [-0.2, 0) is 19.2 Å². The fourth-order valence-electron chi connectivity index (χ4n) is 3.57. The normalized spacial score (nSPS) is 26.3. The van der Waals surface area contributed by atoms with Gasteiger partial charge in [0, 0.05) is 23.9 Å². The molecule has 0 radical (unpaired) electrons. The van der Waals surface area contributed by atoms with Gasteiger partial charge in [-0.15, -0.1) is 23.1 Å². The number of nitrogens with one attached hydrogen (secondary N) is 2. The van der Waals surface area contributed by atoms with E-state index < -0.39 is 41.7 Å². The number of nitrogens with two attached hydrogens (primary N) is 1. The molecule has 0 bridgehead atoms. The summed E-state index contributed by atoms with van der Waals surface area (Å²) in [7, 11) is 2.85. The average molecular weight is 559 g/mol. The molecular weight excluding hydrogens is 536 g/mol. The zero-order valence-electron chi connectivity index (χ0n) is 18.8. The zero-order valence-corrected chi connectivity index (χ0v) is 21.3. The number of aliphatic hydroxyl groups excluding tert-OH is 2. The van der Waals surface area contributed by atoms with Crippen molar-refractivity contribution in [3.63, 3.8) is 0 Å². The highest BCUT2D eigenvalue weighted by atomic mass is 32.2. The van der Waals surface area contributed by atoms with Crippen molar-refractivity contribution >= 4 is 68.7 Å². The van der Waals surface area contributed by atoms with Crippen molar-refractivity contribution in [2.45, 2.75) is 23.9 Å². The molecule has 3 aliphatic heterocycles. The number of hydrogen-bond donors (Lipinski definition) is 6. The molecule has 0 aromatic carbocycles. The molecule has 0 aliphatic carbocycles. The molecule has 18 heteroatoms. The number of amides is 2. The van der Waals surface area contributed by atoms with Crippen LogP contribution in [0.5, 0.6) is 0 Å². The van der Waals surface area contributed by atoms with Crippen molar-refractivity contribution in [2.24, 2.45) is 10.1 Å². The number of aromatic nitrogens is 1. The predicted molar refractivity (Wildman–Crippen MR) is 133 cm³/mol. The fraction of sp³-hybridized carbons (Fsp3) is 0.444. The Morgan fingerprint density at radius 1 is 1.44 bits per heavy atom. The van der Waals surface area contributed by atoms with E-state index in [0.29, 0.717) is 10.7 Å². The Labute approximate surface area is 216 Å². The third-order valence-corrected chi connectivity index (χ3v) is 8.36. The van der Waals surface area contributed by atoms with Gasteiger partial charge in [0.25, 0.3) is 11.8 Å². The van der Waals surface area contributed by atoms with Crippen molar-refractivity contribution in [1.29, 1.82) is 0 Å². The van der Waals surface area contributed by atoms with Gasteiger partial charge in [-0.1, -0.05) is 16.9 Å². The van der Waals surface area contributed by atoms with E-state index in [2.05, 4.69) is 25.9 Å². The Morgan fingerprint density at radius 2 is 2.19 bits per heavy atom. The summed E-state index contributed by atoms with van der Waals surface area (Å²) in [6.07, 6.45) is -2.62. The number of thioether (sulfide) groups is 2. The Bertz CT molecular complexity index is 1170. The summed E-state index contributed by atoms with van der Waals surface area (Å²) in [6, 6.07) is -0.973. The number of anilines is 1. The molecule has 36 heavy (non-hydrogen) atoms. The van der Waals surface area contributed by atoms with Gasteiger partial charge in [-0.05, 0) is 5.57 Å². The largest absolute Gasteiger partial charge is 0.477 e. The van der Waals surface area contributed by atoms with Crippen LogP contribution in [0.1, 0.15) is 5.69 Å². The van der Waals surface area contributed by atoms with Crippen molar-refractivity contribution in [3.05, 3.63) is 22.3 Å². The van der Waals surface area contributed by atoms with E-state index in [0.717, 1.165) is 28.0 Å². The minimum absolute atomic E-state index is 0.160. The number of aliphatic carboxylic acids is 1. The van der Waals surface area contributed by atoms with Crippen LogP contribution in [-0.4, -0.2) is 108 Å². The molecule has 2 amide bonds. The third-order valence-electron chi connectivity index (χ3n) is 5.21. The van der Waals surface area contributed by atoms with Crippen molar-refractivity contribution in [2.75, 3.05) is 31.4 Å². The molecule has 7 N–H and O–H groups in total. The van der Waals surface area contributed by atoms with Crippen LogP contribution in [0, 0.1) is 0 Å². The molecule has 0 saturated carbocycles. The first-order valence-corrected chi connectivity index (χ1v) is 13.1. The lowest BCUT2D eigenvalue weighted by Gasteiger charge is -2.49. The number of aliphatic hydroxyl groups is 2. The number of hydrazine groups is 1. The van der Waals surface area contributed by atoms with Crippen molar-refractivity contribution in [1.82, 2.24) is 25.6 Å². The lowest BCUT2D eigenvalue weighted by atomic mass is 10.0. The molecule has 4 rings (SSSR count). The van der Waals surface area contributed by atoms with E-state index in [1.807, 2.05) is 0 Å². The number of nitrogen functional groups attached to an aromatic ring is 1. The average Bonchev–Trinajstić information content (AvgIpc) is 3.27. The van der Waals surface area contributed by atoms with E-state index in [9.17, 15) is 29.7 Å². The highest BCUT2D eigenvalue weighted by Crippen LogP contribution is 2.41. The summed E-state index contributed by atoms with van der Waals surface area (Å²) >= 11 is 3.55. The minimum atomic E-state index is -1.37. The van der Waals surface area contributed by atoms with Gasteiger partial charge in [-0.2, -0.15) is 0 Å². The van der Waals surface area contributed by atoms with Crippen LogP contribution in [0.4, 0.5) is 5.13 Å². The third kappa shape index (κ3) is 5.00. The maximum Gasteiger partial charge on any atom is 0.352 e. The molecule has 1 aromatic rings. The predicted octanol–water partition coefficient (Wildman–Crippen LogP) is -2.01.